The molecule has 0 bridgehead atoms. The van der Waals surface area contributed by atoms with Crippen molar-refractivity contribution in [3.05, 3.63) is 23.8 Å². The van der Waals surface area contributed by atoms with E-state index in [0.717, 1.165) is 5.56 Å². The summed E-state index contributed by atoms with van der Waals surface area (Å²) in [4.78, 5) is 23.2. The molecule has 1 heterocycles. The Labute approximate surface area is 117 Å². The number of hydrogen-bond acceptors (Lipinski definition) is 4. The Morgan fingerprint density at radius 2 is 2.00 bits per heavy atom. The third-order valence-electron chi connectivity index (χ3n) is 3.09. The normalized spacial score (nSPS) is 14.2. The maximum atomic E-state index is 11.9. The molecular weight excluding hydrogens is 260 g/mol. The lowest BCUT2D eigenvalue weighted by molar-refractivity contribution is -0.127. The van der Waals surface area contributed by atoms with Crippen LogP contribution in [0.25, 0.3) is 0 Å². The van der Waals surface area contributed by atoms with Crippen molar-refractivity contribution in [2.45, 2.75) is 26.3 Å². The predicted octanol–water partition coefficient (Wildman–Crippen LogP) is 0.584. The van der Waals surface area contributed by atoms with Gasteiger partial charge < -0.3 is 20.5 Å². The Morgan fingerprint density at radius 1 is 1.30 bits per heavy atom. The first-order valence-electron chi connectivity index (χ1n) is 6.44. The molecule has 1 atom stereocenters. The van der Waals surface area contributed by atoms with Crippen LogP contribution in [0, 0.1) is 5.92 Å². The van der Waals surface area contributed by atoms with Crippen molar-refractivity contribution < 1.29 is 19.1 Å². The zero-order valence-electron chi connectivity index (χ0n) is 11.5. The van der Waals surface area contributed by atoms with Gasteiger partial charge in [0.25, 0.3) is 0 Å². The molecule has 3 N–H and O–H groups in total. The highest BCUT2D eigenvalue weighted by atomic mass is 16.7. The zero-order chi connectivity index (χ0) is 14.7. The highest BCUT2D eigenvalue weighted by molar-refractivity contribution is 5.87. The SMILES string of the molecule is CC(C)[C@H](NC(=O)Cc1ccc2c(c1)OCO2)C(N)=O. The van der Waals surface area contributed by atoms with Crippen LogP contribution in [0.2, 0.25) is 0 Å². The van der Waals surface area contributed by atoms with Gasteiger partial charge in [-0.05, 0) is 23.6 Å². The lowest BCUT2D eigenvalue weighted by Crippen LogP contribution is -2.48. The summed E-state index contributed by atoms with van der Waals surface area (Å²) in [6, 6.07) is 4.66. The van der Waals surface area contributed by atoms with Crippen LogP contribution < -0.4 is 20.5 Å². The first-order valence-corrected chi connectivity index (χ1v) is 6.44. The summed E-state index contributed by atoms with van der Waals surface area (Å²) in [5.41, 5.74) is 6.05. The van der Waals surface area contributed by atoms with E-state index in [2.05, 4.69) is 5.32 Å². The molecule has 0 saturated carbocycles. The van der Waals surface area contributed by atoms with E-state index < -0.39 is 11.9 Å². The van der Waals surface area contributed by atoms with E-state index in [1.165, 1.54) is 0 Å². The molecule has 2 rings (SSSR count). The minimum Gasteiger partial charge on any atom is -0.454 e. The average molecular weight is 278 g/mol. The van der Waals surface area contributed by atoms with Crippen LogP contribution in [-0.4, -0.2) is 24.6 Å². The topological polar surface area (TPSA) is 90.7 Å². The third-order valence-corrected chi connectivity index (χ3v) is 3.09. The van der Waals surface area contributed by atoms with Gasteiger partial charge in [-0.15, -0.1) is 0 Å². The van der Waals surface area contributed by atoms with Crippen molar-refractivity contribution in [1.82, 2.24) is 5.32 Å². The molecule has 6 heteroatoms. The minimum absolute atomic E-state index is 0.0480. The number of hydrogen-bond donors (Lipinski definition) is 2. The maximum Gasteiger partial charge on any atom is 0.240 e. The quantitative estimate of drug-likeness (QED) is 0.824. The average Bonchev–Trinajstić information content (AvgIpc) is 2.82. The van der Waals surface area contributed by atoms with Gasteiger partial charge in [0.05, 0.1) is 6.42 Å². The molecule has 0 fully saturated rings. The minimum atomic E-state index is -0.656. The fraction of sp³-hybridized carbons (Fsp3) is 0.429. The molecule has 108 valence electrons. The number of carbonyl (C=O) groups is 2. The molecule has 0 unspecified atom stereocenters. The van der Waals surface area contributed by atoms with Gasteiger partial charge in [-0.1, -0.05) is 19.9 Å². The van der Waals surface area contributed by atoms with Crippen LogP contribution in [0.3, 0.4) is 0 Å². The van der Waals surface area contributed by atoms with Crippen molar-refractivity contribution in [3.8, 4) is 11.5 Å². The monoisotopic (exact) mass is 278 g/mol. The first kappa shape index (κ1) is 14.2. The maximum absolute atomic E-state index is 11.9. The van der Waals surface area contributed by atoms with Gasteiger partial charge in [-0.3, -0.25) is 9.59 Å². The van der Waals surface area contributed by atoms with Crippen LogP contribution in [0.4, 0.5) is 0 Å². The third kappa shape index (κ3) is 3.20. The number of carbonyl (C=O) groups excluding carboxylic acids is 2. The van der Waals surface area contributed by atoms with Gasteiger partial charge in [-0.25, -0.2) is 0 Å². The van der Waals surface area contributed by atoms with Crippen molar-refractivity contribution in [2.24, 2.45) is 11.7 Å². The van der Waals surface area contributed by atoms with Crippen molar-refractivity contribution in [2.75, 3.05) is 6.79 Å². The zero-order valence-corrected chi connectivity index (χ0v) is 11.5. The molecular formula is C14H18N2O4. The molecule has 6 nitrogen and oxygen atoms in total. The standard InChI is InChI=1S/C14H18N2O4/c1-8(2)13(14(15)18)16-12(17)6-9-3-4-10-11(5-9)20-7-19-10/h3-5,8,13H,6-7H2,1-2H3,(H2,15,18)(H,16,17)/t13-/m0/s1. The van der Waals surface area contributed by atoms with E-state index in [1.54, 1.807) is 18.2 Å². The number of ether oxygens (including phenoxy) is 2. The van der Waals surface area contributed by atoms with Gasteiger partial charge in [0, 0.05) is 0 Å². The fourth-order valence-corrected chi connectivity index (χ4v) is 2.03. The van der Waals surface area contributed by atoms with Gasteiger partial charge in [0.15, 0.2) is 11.5 Å². The van der Waals surface area contributed by atoms with E-state index in [4.69, 9.17) is 15.2 Å². The van der Waals surface area contributed by atoms with Crippen LogP contribution in [0.15, 0.2) is 18.2 Å². The van der Waals surface area contributed by atoms with Gasteiger partial charge in [0.2, 0.25) is 18.6 Å². The highest BCUT2D eigenvalue weighted by Crippen LogP contribution is 2.32. The van der Waals surface area contributed by atoms with Gasteiger partial charge in [0.1, 0.15) is 6.04 Å². The summed E-state index contributed by atoms with van der Waals surface area (Å²) in [7, 11) is 0. The lowest BCUT2D eigenvalue weighted by atomic mass is 10.0. The van der Waals surface area contributed by atoms with Crippen molar-refractivity contribution in [3.63, 3.8) is 0 Å². The van der Waals surface area contributed by atoms with Crippen LogP contribution in [0.1, 0.15) is 19.4 Å². The summed E-state index contributed by atoms with van der Waals surface area (Å²) >= 11 is 0. The molecule has 1 aliphatic heterocycles. The Kier molecular flexibility index (Phi) is 4.12. The number of amides is 2. The Morgan fingerprint density at radius 3 is 2.65 bits per heavy atom. The second-order valence-corrected chi connectivity index (χ2v) is 5.06. The largest absolute Gasteiger partial charge is 0.454 e. The predicted molar refractivity (Wildman–Crippen MR) is 72.2 cm³/mol. The van der Waals surface area contributed by atoms with Crippen LogP contribution >= 0.6 is 0 Å². The number of primary amides is 1. The summed E-state index contributed by atoms with van der Waals surface area (Å²) in [6.07, 6.45) is 0.160. The number of rotatable bonds is 5. The molecule has 1 aromatic rings. The molecule has 0 aromatic heterocycles. The molecule has 0 saturated heterocycles. The van der Waals surface area contributed by atoms with Crippen LogP contribution in [-0.2, 0) is 16.0 Å². The first-order chi connectivity index (χ1) is 9.47. The van der Waals surface area contributed by atoms with Crippen molar-refractivity contribution in [1.29, 1.82) is 0 Å². The molecule has 20 heavy (non-hydrogen) atoms. The Hall–Kier alpha value is -2.24. The number of nitrogens with two attached hydrogens (primary N) is 1. The molecule has 0 radical (unpaired) electrons. The summed E-state index contributed by atoms with van der Waals surface area (Å²) < 4.78 is 10.5. The molecule has 0 aliphatic carbocycles. The van der Waals surface area contributed by atoms with Crippen LogP contribution in [0.5, 0.6) is 11.5 Å². The Bertz CT molecular complexity index is 528. The van der Waals surface area contributed by atoms with Gasteiger partial charge >= 0.3 is 0 Å². The van der Waals surface area contributed by atoms with Gasteiger partial charge in [-0.2, -0.15) is 0 Å². The van der Waals surface area contributed by atoms with E-state index in [-0.39, 0.29) is 25.0 Å². The molecule has 1 aromatic carbocycles. The lowest BCUT2D eigenvalue weighted by Gasteiger charge is -2.18. The fourth-order valence-electron chi connectivity index (χ4n) is 2.03. The highest BCUT2D eigenvalue weighted by Gasteiger charge is 2.22. The molecule has 2 amide bonds. The van der Waals surface area contributed by atoms with E-state index in [0.29, 0.717) is 11.5 Å². The number of benzene rings is 1. The summed E-state index contributed by atoms with van der Waals surface area (Å²) in [5, 5.41) is 2.65. The summed E-state index contributed by atoms with van der Waals surface area (Å²) in [5.74, 6) is 0.477. The van der Waals surface area contributed by atoms with E-state index in [9.17, 15) is 9.59 Å². The number of fused-ring (bicyclic) bond motifs is 1. The van der Waals surface area contributed by atoms with E-state index in [1.807, 2.05) is 13.8 Å². The second-order valence-electron chi connectivity index (χ2n) is 5.06. The smallest absolute Gasteiger partial charge is 0.240 e. The van der Waals surface area contributed by atoms with E-state index >= 15 is 0 Å². The number of nitrogens with one attached hydrogen (secondary N) is 1. The molecule has 1 aliphatic rings. The van der Waals surface area contributed by atoms with Crippen molar-refractivity contribution >= 4 is 11.8 Å². The Balaban J connectivity index is 1.99. The molecule has 0 spiro atoms. The second kappa shape index (κ2) is 5.81. The summed E-state index contributed by atoms with van der Waals surface area (Å²) in [6.45, 7) is 3.86.